The monoisotopic (exact) mass is 288 g/mol. The van der Waals surface area contributed by atoms with Crippen molar-refractivity contribution in [2.24, 2.45) is 5.16 Å². The predicted molar refractivity (Wildman–Crippen MR) is 79.8 cm³/mol. The van der Waals surface area contributed by atoms with Gasteiger partial charge in [0, 0.05) is 12.5 Å². The van der Waals surface area contributed by atoms with Crippen LogP contribution in [0.1, 0.15) is 38.2 Å². The summed E-state index contributed by atoms with van der Waals surface area (Å²) in [5, 5.41) is 16.0. The second-order valence-electron chi connectivity index (χ2n) is 5.16. The summed E-state index contributed by atoms with van der Waals surface area (Å²) in [4.78, 5) is 4.20. The molecule has 0 bridgehead atoms. The third-order valence-electron chi connectivity index (χ3n) is 3.06. The van der Waals surface area contributed by atoms with Gasteiger partial charge in [-0.05, 0) is 38.5 Å². The van der Waals surface area contributed by atoms with Crippen LogP contribution in [-0.2, 0) is 13.0 Å². The van der Waals surface area contributed by atoms with Gasteiger partial charge in [-0.15, -0.1) is 0 Å². The maximum atomic E-state index is 8.66. The molecule has 21 heavy (non-hydrogen) atoms. The van der Waals surface area contributed by atoms with Crippen LogP contribution in [0.3, 0.4) is 0 Å². The average Bonchev–Trinajstić information content (AvgIpc) is 2.95. The van der Waals surface area contributed by atoms with Crippen LogP contribution in [0.2, 0.25) is 0 Å². The van der Waals surface area contributed by atoms with Crippen LogP contribution in [0.25, 0.3) is 0 Å². The molecule has 0 saturated heterocycles. The standard InChI is InChI=1S/C15H20N4O2/c1-11(2)19-15(16-10-17-19)9-21-14-6-4-13(5-7-14)8-12(3)18-20/h4-7,10-11,20H,8-9H2,1-3H3/b18-12+. The molecule has 1 heterocycles. The molecule has 6 nitrogen and oxygen atoms in total. The van der Waals surface area contributed by atoms with Crippen molar-refractivity contribution >= 4 is 5.71 Å². The summed E-state index contributed by atoms with van der Waals surface area (Å²) in [6, 6.07) is 7.97. The third kappa shape index (κ3) is 4.05. The van der Waals surface area contributed by atoms with Gasteiger partial charge in [0.05, 0.1) is 5.71 Å². The van der Waals surface area contributed by atoms with Crippen molar-refractivity contribution in [3.63, 3.8) is 0 Å². The summed E-state index contributed by atoms with van der Waals surface area (Å²) < 4.78 is 7.57. The smallest absolute Gasteiger partial charge is 0.165 e. The Morgan fingerprint density at radius 2 is 2.05 bits per heavy atom. The van der Waals surface area contributed by atoms with Gasteiger partial charge in [-0.3, -0.25) is 0 Å². The Kier molecular flexibility index (Phi) is 4.92. The molecule has 1 aromatic carbocycles. The molecular weight excluding hydrogens is 268 g/mol. The van der Waals surface area contributed by atoms with Gasteiger partial charge >= 0.3 is 0 Å². The molecule has 0 aliphatic rings. The first-order chi connectivity index (χ1) is 10.1. The first-order valence-corrected chi connectivity index (χ1v) is 6.87. The second-order valence-corrected chi connectivity index (χ2v) is 5.16. The molecule has 0 radical (unpaired) electrons. The van der Waals surface area contributed by atoms with E-state index < -0.39 is 0 Å². The zero-order chi connectivity index (χ0) is 15.2. The summed E-state index contributed by atoms with van der Waals surface area (Å²) in [7, 11) is 0. The predicted octanol–water partition coefficient (Wildman–Crippen LogP) is 2.83. The molecule has 2 aromatic rings. The number of hydrogen-bond donors (Lipinski definition) is 1. The van der Waals surface area contributed by atoms with Gasteiger partial charge in [-0.2, -0.15) is 5.10 Å². The van der Waals surface area contributed by atoms with E-state index in [1.807, 2.05) is 28.9 Å². The molecular formula is C15H20N4O2. The Bertz CT molecular complexity index is 602. The Hall–Kier alpha value is -2.37. The highest BCUT2D eigenvalue weighted by atomic mass is 16.5. The van der Waals surface area contributed by atoms with Crippen LogP contribution in [0, 0.1) is 0 Å². The highest BCUT2D eigenvalue weighted by Crippen LogP contribution is 2.15. The van der Waals surface area contributed by atoms with E-state index in [-0.39, 0.29) is 6.04 Å². The first-order valence-electron chi connectivity index (χ1n) is 6.87. The summed E-state index contributed by atoms with van der Waals surface area (Å²) >= 11 is 0. The fourth-order valence-electron chi connectivity index (χ4n) is 1.99. The lowest BCUT2D eigenvalue weighted by molar-refractivity contribution is 0.282. The van der Waals surface area contributed by atoms with Crippen molar-refractivity contribution in [1.29, 1.82) is 0 Å². The summed E-state index contributed by atoms with van der Waals surface area (Å²) in [5.74, 6) is 1.58. The van der Waals surface area contributed by atoms with Crippen LogP contribution in [0.5, 0.6) is 5.75 Å². The zero-order valence-electron chi connectivity index (χ0n) is 12.5. The normalized spacial score (nSPS) is 11.9. The Morgan fingerprint density at radius 3 is 2.67 bits per heavy atom. The molecule has 1 N–H and O–H groups in total. The third-order valence-corrected chi connectivity index (χ3v) is 3.06. The molecule has 0 unspecified atom stereocenters. The highest BCUT2D eigenvalue weighted by Gasteiger charge is 2.08. The van der Waals surface area contributed by atoms with Crippen molar-refractivity contribution in [2.45, 2.75) is 39.8 Å². The van der Waals surface area contributed by atoms with Crippen molar-refractivity contribution < 1.29 is 9.94 Å². The van der Waals surface area contributed by atoms with E-state index in [1.165, 1.54) is 0 Å². The maximum absolute atomic E-state index is 8.66. The number of benzene rings is 1. The van der Waals surface area contributed by atoms with Gasteiger partial charge in [0.1, 0.15) is 18.7 Å². The van der Waals surface area contributed by atoms with E-state index in [9.17, 15) is 0 Å². The second kappa shape index (κ2) is 6.88. The number of hydrogen-bond acceptors (Lipinski definition) is 5. The van der Waals surface area contributed by atoms with E-state index in [2.05, 4.69) is 29.1 Å². The van der Waals surface area contributed by atoms with Crippen molar-refractivity contribution in [3.8, 4) is 5.75 Å². The molecule has 112 valence electrons. The van der Waals surface area contributed by atoms with Gasteiger partial charge in [0.15, 0.2) is 5.82 Å². The van der Waals surface area contributed by atoms with E-state index in [4.69, 9.17) is 9.94 Å². The lowest BCUT2D eigenvalue weighted by atomic mass is 10.1. The fourth-order valence-corrected chi connectivity index (χ4v) is 1.99. The minimum Gasteiger partial charge on any atom is -0.486 e. The lowest BCUT2D eigenvalue weighted by Gasteiger charge is -2.10. The molecule has 0 atom stereocenters. The van der Waals surface area contributed by atoms with E-state index >= 15 is 0 Å². The highest BCUT2D eigenvalue weighted by molar-refractivity contribution is 5.83. The van der Waals surface area contributed by atoms with Crippen LogP contribution < -0.4 is 4.74 Å². The molecule has 0 amide bonds. The van der Waals surface area contributed by atoms with Gasteiger partial charge in [-0.25, -0.2) is 9.67 Å². The molecule has 0 aliphatic carbocycles. The van der Waals surface area contributed by atoms with Crippen LogP contribution >= 0.6 is 0 Å². The largest absolute Gasteiger partial charge is 0.486 e. The number of aromatic nitrogens is 3. The van der Waals surface area contributed by atoms with Crippen LogP contribution in [0.4, 0.5) is 0 Å². The lowest BCUT2D eigenvalue weighted by Crippen LogP contribution is -2.10. The Balaban J connectivity index is 1.96. The van der Waals surface area contributed by atoms with Crippen molar-refractivity contribution in [1.82, 2.24) is 14.8 Å². The minimum absolute atomic E-state index is 0.259. The molecule has 0 saturated carbocycles. The van der Waals surface area contributed by atoms with E-state index in [0.29, 0.717) is 18.7 Å². The molecule has 0 aliphatic heterocycles. The number of rotatable bonds is 6. The number of nitrogens with zero attached hydrogens (tertiary/aromatic N) is 4. The quantitative estimate of drug-likeness (QED) is 0.504. The van der Waals surface area contributed by atoms with Crippen LogP contribution in [0.15, 0.2) is 35.7 Å². The average molecular weight is 288 g/mol. The fraction of sp³-hybridized carbons (Fsp3) is 0.400. The maximum Gasteiger partial charge on any atom is 0.165 e. The minimum atomic E-state index is 0.259. The summed E-state index contributed by atoms with van der Waals surface area (Å²) in [5.41, 5.74) is 1.75. The number of ether oxygens (including phenoxy) is 1. The topological polar surface area (TPSA) is 72.5 Å². The van der Waals surface area contributed by atoms with Gasteiger partial charge in [0.25, 0.3) is 0 Å². The van der Waals surface area contributed by atoms with Gasteiger partial charge < -0.3 is 9.94 Å². The summed E-state index contributed by atoms with van der Waals surface area (Å²) in [6.45, 7) is 6.27. The molecule has 0 spiro atoms. The first kappa shape index (κ1) is 15.0. The molecule has 2 rings (SSSR count). The SMILES string of the molecule is C/C(Cc1ccc(OCc2ncnn2C(C)C)cc1)=N\O. The molecule has 1 aromatic heterocycles. The zero-order valence-corrected chi connectivity index (χ0v) is 12.5. The van der Waals surface area contributed by atoms with Crippen LogP contribution in [-0.4, -0.2) is 25.7 Å². The number of oxime groups is 1. The van der Waals surface area contributed by atoms with Crippen molar-refractivity contribution in [2.75, 3.05) is 0 Å². The van der Waals surface area contributed by atoms with Gasteiger partial charge in [-0.1, -0.05) is 17.3 Å². The van der Waals surface area contributed by atoms with E-state index in [0.717, 1.165) is 17.1 Å². The summed E-state index contributed by atoms with van der Waals surface area (Å²) in [6.07, 6.45) is 2.16. The Labute approximate surface area is 124 Å². The Morgan fingerprint density at radius 1 is 1.33 bits per heavy atom. The van der Waals surface area contributed by atoms with Crippen molar-refractivity contribution in [3.05, 3.63) is 42.0 Å². The molecule has 6 heteroatoms. The van der Waals surface area contributed by atoms with Gasteiger partial charge in [0.2, 0.25) is 0 Å². The van der Waals surface area contributed by atoms with E-state index in [1.54, 1.807) is 13.3 Å². The molecule has 0 fully saturated rings.